The van der Waals surface area contributed by atoms with Gasteiger partial charge in [0.1, 0.15) is 5.69 Å². The maximum atomic E-state index is 14.2. The van der Waals surface area contributed by atoms with Gasteiger partial charge in [0, 0.05) is 12.7 Å². The number of alkyl halides is 4. The SMILES string of the molecule is CC(F)(c1cc(I)c(NC(=O)c2cccc(N=O)c2Cl)c(I)c1)C(F)(F)F. The Kier molecular flexibility index (Phi) is 6.72. The van der Waals surface area contributed by atoms with E-state index in [4.69, 9.17) is 11.6 Å². The molecular weight excluding hydrogens is 617 g/mol. The summed E-state index contributed by atoms with van der Waals surface area (Å²) in [6.45, 7) is 0.435. The minimum absolute atomic E-state index is 0.0323. The first-order valence-electron chi connectivity index (χ1n) is 7.08. The molecule has 0 saturated carbocycles. The molecule has 0 saturated heterocycles. The smallest absolute Gasteiger partial charge is 0.320 e. The molecule has 4 nitrogen and oxygen atoms in total. The number of carbonyl (C=O) groups is 1. The van der Waals surface area contributed by atoms with Crippen molar-refractivity contribution in [3.8, 4) is 0 Å². The second kappa shape index (κ2) is 8.15. The summed E-state index contributed by atoms with van der Waals surface area (Å²) in [4.78, 5) is 23.1. The molecule has 1 atom stereocenters. The summed E-state index contributed by atoms with van der Waals surface area (Å²) in [5, 5.41) is 5.07. The number of anilines is 1. The van der Waals surface area contributed by atoms with Crippen molar-refractivity contribution in [3.63, 3.8) is 0 Å². The van der Waals surface area contributed by atoms with Crippen LogP contribution in [-0.4, -0.2) is 12.1 Å². The Balaban J connectivity index is 2.41. The number of nitrogens with zero attached hydrogens (tertiary/aromatic N) is 1. The van der Waals surface area contributed by atoms with E-state index in [9.17, 15) is 27.3 Å². The van der Waals surface area contributed by atoms with E-state index >= 15 is 0 Å². The number of amides is 1. The summed E-state index contributed by atoms with van der Waals surface area (Å²) in [5.41, 5.74) is -4.07. The van der Waals surface area contributed by atoms with Crippen LogP contribution in [0.4, 0.5) is 28.9 Å². The summed E-state index contributed by atoms with van der Waals surface area (Å²) >= 11 is 9.35. The van der Waals surface area contributed by atoms with Gasteiger partial charge in [0.05, 0.1) is 16.3 Å². The molecule has 1 amide bonds. The first-order chi connectivity index (χ1) is 12.4. The lowest BCUT2D eigenvalue weighted by molar-refractivity contribution is -0.228. The van der Waals surface area contributed by atoms with E-state index in [0.29, 0.717) is 6.92 Å². The Morgan fingerprint density at radius 2 is 1.70 bits per heavy atom. The number of carbonyl (C=O) groups excluding carboxylic acids is 1. The van der Waals surface area contributed by atoms with Crippen LogP contribution in [-0.2, 0) is 5.67 Å². The van der Waals surface area contributed by atoms with Gasteiger partial charge >= 0.3 is 6.18 Å². The summed E-state index contributed by atoms with van der Waals surface area (Å²) in [6, 6.07) is 6.12. The minimum Gasteiger partial charge on any atom is -0.320 e. The maximum Gasteiger partial charge on any atom is 0.426 e. The third kappa shape index (κ3) is 4.53. The second-order valence-corrected chi connectivity index (χ2v) is 8.20. The molecule has 2 rings (SSSR count). The van der Waals surface area contributed by atoms with Crippen molar-refractivity contribution in [1.29, 1.82) is 0 Å². The van der Waals surface area contributed by atoms with Crippen molar-refractivity contribution >= 4 is 74.1 Å². The molecule has 0 bridgehead atoms. The highest BCUT2D eigenvalue weighted by molar-refractivity contribution is 14.1. The number of hydrogen-bond donors (Lipinski definition) is 1. The van der Waals surface area contributed by atoms with Crippen LogP contribution in [0.1, 0.15) is 22.8 Å². The van der Waals surface area contributed by atoms with Gasteiger partial charge in [-0.25, -0.2) is 4.39 Å². The molecule has 2 aromatic rings. The molecule has 0 radical (unpaired) electrons. The van der Waals surface area contributed by atoms with Crippen LogP contribution in [0.25, 0.3) is 0 Å². The molecule has 0 aliphatic carbocycles. The van der Waals surface area contributed by atoms with Crippen LogP contribution in [0.5, 0.6) is 0 Å². The van der Waals surface area contributed by atoms with Gasteiger partial charge in [-0.1, -0.05) is 17.7 Å². The first-order valence-corrected chi connectivity index (χ1v) is 9.62. The van der Waals surface area contributed by atoms with Crippen LogP contribution in [0.3, 0.4) is 0 Å². The van der Waals surface area contributed by atoms with Gasteiger partial charge in [-0.2, -0.15) is 13.2 Å². The lowest BCUT2D eigenvalue weighted by Crippen LogP contribution is -2.35. The highest BCUT2D eigenvalue weighted by Crippen LogP contribution is 2.44. The normalized spacial score (nSPS) is 13.8. The van der Waals surface area contributed by atoms with E-state index in [-0.39, 0.29) is 29.1 Å². The zero-order valence-corrected chi connectivity index (χ0v) is 18.4. The highest BCUT2D eigenvalue weighted by atomic mass is 127. The van der Waals surface area contributed by atoms with Crippen molar-refractivity contribution in [2.75, 3.05) is 5.32 Å². The Morgan fingerprint density at radius 3 is 2.19 bits per heavy atom. The van der Waals surface area contributed by atoms with Gasteiger partial charge in [0.15, 0.2) is 0 Å². The number of nitrogens with one attached hydrogen (secondary N) is 1. The fraction of sp³-hybridized carbons (Fsp3) is 0.188. The van der Waals surface area contributed by atoms with Crippen molar-refractivity contribution in [1.82, 2.24) is 0 Å². The average molecular weight is 627 g/mol. The molecule has 0 spiro atoms. The lowest BCUT2D eigenvalue weighted by Gasteiger charge is -2.25. The fourth-order valence-electron chi connectivity index (χ4n) is 2.07. The van der Waals surface area contributed by atoms with E-state index in [0.717, 1.165) is 12.1 Å². The number of nitroso groups, excluding NO2 is 1. The zero-order valence-electron chi connectivity index (χ0n) is 13.3. The van der Waals surface area contributed by atoms with Gasteiger partial charge in [0.2, 0.25) is 5.67 Å². The molecule has 27 heavy (non-hydrogen) atoms. The summed E-state index contributed by atoms with van der Waals surface area (Å²) in [6.07, 6.45) is -5.08. The number of halogens is 7. The van der Waals surface area contributed by atoms with E-state index < -0.39 is 23.3 Å². The molecule has 0 aromatic heterocycles. The molecule has 0 fully saturated rings. The van der Waals surface area contributed by atoms with Crippen LogP contribution >= 0.6 is 56.8 Å². The van der Waals surface area contributed by atoms with E-state index in [2.05, 4.69) is 10.5 Å². The van der Waals surface area contributed by atoms with Crippen LogP contribution in [0.2, 0.25) is 5.02 Å². The Morgan fingerprint density at radius 1 is 1.15 bits per heavy atom. The number of rotatable bonds is 4. The molecule has 0 aliphatic rings. The van der Waals surface area contributed by atoms with Crippen molar-refractivity contribution in [3.05, 3.63) is 58.5 Å². The van der Waals surface area contributed by atoms with E-state index in [1.165, 1.54) is 18.2 Å². The minimum atomic E-state index is -5.08. The quantitative estimate of drug-likeness (QED) is 0.227. The molecule has 1 N–H and O–H groups in total. The van der Waals surface area contributed by atoms with E-state index in [1.807, 2.05) is 0 Å². The molecule has 11 heteroatoms. The van der Waals surface area contributed by atoms with Crippen LogP contribution < -0.4 is 5.32 Å². The first kappa shape index (κ1) is 22.3. The van der Waals surface area contributed by atoms with Gasteiger partial charge in [0.25, 0.3) is 5.91 Å². The van der Waals surface area contributed by atoms with Crippen LogP contribution in [0.15, 0.2) is 35.5 Å². The second-order valence-electron chi connectivity index (χ2n) is 5.50. The summed E-state index contributed by atoms with van der Waals surface area (Å²) in [7, 11) is 0. The number of hydrogen-bond acceptors (Lipinski definition) is 3. The monoisotopic (exact) mass is 626 g/mol. The molecule has 144 valence electrons. The fourth-order valence-corrected chi connectivity index (χ4v) is 4.36. The molecule has 0 aliphatic heterocycles. The van der Waals surface area contributed by atoms with Crippen molar-refractivity contribution < 1.29 is 22.4 Å². The van der Waals surface area contributed by atoms with E-state index in [1.54, 1.807) is 45.2 Å². The van der Waals surface area contributed by atoms with Gasteiger partial charge in [-0.3, -0.25) is 4.79 Å². The number of benzene rings is 2. The molecule has 2 aromatic carbocycles. The molecule has 0 heterocycles. The van der Waals surface area contributed by atoms with Gasteiger partial charge in [-0.05, 0) is 81.5 Å². The lowest BCUT2D eigenvalue weighted by atomic mass is 9.97. The summed E-state index contributed by atoms with van der Waals surface area (Å²) < 4.78 is 53.4. The molecular formula is C16H9ClF4I2N2O2. The zero-order chi connectivity index (χ0) is 20.6. The van der Waals surface area contributed by atoms with Crippen molar-refractivity contribution in [2.45, 2.75) is 18.8 Å². The van der Waals surface area contributed by atoms with Crippen LogP contribution in [0, 0.1) is 12.0 Å². The summed E-state index contributed by atoms with van der Waals surface area (Å²) in [5.74, 6) is -0.687. The van der Waals surface area contributed by atoms with Gasteiger partial charge in [-0.15, -0.1) is 4.91 Å². The predicted octanol–water partition coefficient (Wildman–Crippen LogP) is 6.95. The standard InChI is InChI=1S/C16H9ClF4I2N2O2/c1-15(18,16(19,20)21)7-5-9(22)13(10(23)6-7)24-14(26)8-3-2-4-11(25-27)12(8)17/h2-6H,1H3,(H,24,26). The Labute approximate surface area is 183 Å². The van der Waals surface area contributed by atoms with Crippen molar-refractivity contribution in [2.24, 2.45) is 5.18 Å². The largest absolute Gasteiger partial charge is 0.426 e. The van der Waals surface area contributed by atoms with Gasteiger partial charge < -0.3 is 5.32 Å². The Hall–Kier alpha value is -1.02. The third-order valence-electron chi connectivity index (χ3n) is 3.68. The molecule has 1 unspecified atom stereocenters. The highest BCUT2D eigenvalue weighted by Gasteiger charge is 2.53. The Bertz CT molecular complexity index is 897. The predicted molar refractivity (Wildman–Crippen MR) is 111 cm³/mol. The average Bonchev–Trinajstić information content (AvgIpc) is 2.56. The third-order valence-corrected chi connectivity index (χ3v) is 5.78. The maximum absolute atomic E-state index is 14.2. The topological polar surface area (TPSA) is 58.5 Å².